The average Bonchev–Trinajstić information content (AvgIpc) is 3.02. The number of hydrogen-bond donors (Lipinski definition) is 0. The fraction of sp³-hybridized carbons (Fsp3) is 0.312. The normalized spacial score (nSPS) is 15.2. The number of hydrogen-bond acceptors (Lipinski definition) is 5. The van der Waals surface area contributed by atoms with Crippen molar-refractivity contribution < 1.29 is 9.53 Å². The first-order valence-electron chi connectivity index (χ1n) is 7.24. The number of carbonyl (C=O) groups is 1. The van der Waals surface area contributed by atoms with Gasteiger partial charge in [-0.05, 0) is 24.3 Å². The number of halogens is 1. The van der Waals surface area contributed by atoms with E-state index in [-0.39, 0.29) is 12.0 Å². The number of amides is 1. The molecule has 2 aromatic heterocycles. The molecule has 0 spiro atoms. The second kappa shape index (κ2) is 6.99. The van der Waals surface area contributed by atoms with Crippen LogP contribution in [0.3, 0.4) is 0 Å². The van der Waals surface area contributed by atoms with E-state index in [1.165, 1.54) is 11.3 Å². The lowest BCUT2D eigenvalue weighted by Crippen LogP contribution is -2.41. The second-order valence-electron chi connectivity index (χ2n) is 5.18. The van der Waals surface area contributed by atoms with Gasteiger partial charge in [0.15, 0.2) is 0 Å². The molecule has 1 amide bonds. The van der Waals surface area contributed by atoms with Crippen molar-refractivity contribution in [2.45, 2.75) is 18.9 Å². The number of pyridine rings is 1. The van der Waals surface area contributed by atoms with Crippen molar-refractivity contribution in [1.82, 2.24) is 9.88 Å². The summed E-state index contributed by atoms with van der Waals surface area (Å²) < 4.78 is 6.44. The fourth-order valence-corrected chi connectivity index (χ4v) is 3.50. The minimum absolute atomic E-state index is 0.0101. The molecule has 2 aromatic rings. The molecule has 0 unspecified atom stereocenters. The van der Waals surface area contributed by atoms with Crippen molar-refractivity contribution in [2.24, 2.45) is 0 Å². The van der Waals surface area contributed by atoms with Crippen LogP contribution in [0.1, 0.15) is 28.1 Å². The minimum Gasteiger partial charge on any atom is -0.473 e. The van der Waals surface area contributed by atoms with Gasteiger partial charge in [-0.3, -0.25) is 4.79 Å². The van der Waals surface area contributed by atoms with Gasteiger partial charge >= 0.3 is 0 Å². The van der Waals surface area contributed by atoms with Crippen LogP contribution in [0.25, 0.3) is 0 Å². The van der Waals surface area contributed by atoms with Crippen molar-refractivity contribution in [1.29, 1.82) is 5.26 Å². The van der Waals surface area contributed by atoms with E-state index in [1.54, 1.807) is 30.5 Å². The Hall–Kier alpha value is -2.10. The first-order chi connectivity index (χ1) is 11.2. The molecule has 23 heavy (non-hydrogen) atoms. The van der Waals surface area contributed by atoms with E-state index in [4.69, 9.17) is 21.6 Å². The third kappa shape index (κ3) is 3.63. The van der Waals surface area contributed by atoms with Crippen molar-refractivity contribution in [3.63, 3.8) is 0 Å². The molecular formula is C16H14ClN3O2S. The van der Waals surface area contributed by atoms with Gasteiger partial charge in [-0.25, -0.2) is 4.98 Å². The van der Waals surface area contributed by atoms with Crippen LogP contribution in [0.15, 0.2) is 30.5 Å². The molecule has 3 heterocycles. The standard InChI is InChI=1S/C16H14ClN3O2S/c17-14-4-3-13(23-14)16(21)20-8-5-12(6-9-20)22-15-11(10-18)2-1-7-19-15/h1-4,7,12H,5-6,8-9H2. The molecule has 0 N–H and O–H groups in total. The zero-order chi connectivity index (χ0) is 16.2. The predicted octanol–water partition coefficient (Wildman–Crippen LogP) is 3.35. The highest BCUT2D eigenvalue weighted by Crippen LogP contribution is 2.25. The third-order valence-electron chi connectivity index (χ3n) is 3.68. The van der Waals surface area contributed by atoms with E-state index in [1.807, 2.05) is 4.90 Å². The Morgan fingerprint density at radius 2 is 2.17 bits per heavy atom. The molecule has 1 fully saturated rings. The van der Waals surface area contributed by atoms with E-state index >= 15 is 0 Å². The Morgan fingerprint density at radius 1 is 1.39 bits per heavy atom. The SMILES string of the molecule is N#Cc1cccnc1OC1CCN(C(=O)c2ccc(Cl)s2)CC1. The van der Waals surface area contributed by atoms with E-state index in [9.17, 15) is 4.79 Å². The summed E-state index contributed by atoms with van der Waals surface area (Å²) in [6.45, 7) is 1.24. The summed E-state index contributed by atoms with van der Waals surface area (Å²) in [5.41, 5.74) is 0.430. The largest absolute Gasteiger partial charge is 0.473 e. The fourth-order valence-electron chi connectivity index (χ4n) is 2.49. The van der Waals surface area contributed by atoms with E-state index in [2.05, 4.69) is 11.1 Å². The summed E-state index contributed by atoms with van der Waals surface area (Å²) in [7, 11) is 0. The molecule has 5 nitrogen and oxygen atoms in total. The zero-order valence-electron chi connectivity index (χ0n) is 12.2. The smallest absolute Gasteiger partial charge is 0.263 e. The molecule has 3 rings (SSSR count). The van der Waals surface area contributed by atoms with Gasteiger partial charge in [-0.1, -0.05) is 11.6 Å². The minimum atomic E-state index is -0.0343. The summed E-state index contributed by atoms with van der Waals surface area (Å²) in [5, 5.41) is 9.06. The van der Waals surface area contributed by atoms with Gasteiger partial charge in [-0.2, -0.15) is 5.26 Å². The van der Waals surface area contributed by atoms with Crippen molar-refractivity contribution in [3.8, 4) is 11.9 Å². The Labute approximate surface area is 143 Å². The van der Waals surface area contributed by atoms with E-state index in [0.29, 0.717) is 46.6 Å². The van der Waals surface area contributed by atoms with Crippen molar-refractivity contribution in [2.75, 3.05) is 13.1 Å². The Bertz CT molecular complexity index is 748. The van der Waals surface area contributed by atoms with E-state index < -0.39 is 0 Å². The maximum atomic E-state index is 12.4. The van der Waals surface area contributed by atoms with Gasteiger partial charge < -0.3 is 9.64 Å². The van der Waals surface area contributed by atoms with Crippen LogP contribution < -0.4 is 4.74 Å². The number of piperidine rings is 1. The molecule has 118 valence electrons. The molecule has 1 saturated heterocycles. The monoisotopic (exact) mass is 347 g/mol. The number of carbonyl (C=O) groups excluding carboxylic acids is 1. The van der Waals surface area contributed by atoms with Gasteiger partial charge in [0, 0.05) is 32.1 Å². The number of nitriles is 1. The van der Waals surface area contributed by atoms with Crippen LogP contribution in [-0.4, -0.2) is 35.0 Å². The highest BCUT2D eigenvalue weighted by Gasteiger charge is 2.26. The van der Waals surface area contributed by atoms with Gasteiger partial charge in [0.25, 0.3) is 5.91 Å². The number of rotatable bonds is 3. The Kier molecular flexibility index (Phi) is 4.79. The Morgan fingerprint density at radius 3 is 2.83 bits per heavy atom. The number of nitrogens with zero attached hydrogens (tertiary/aromatic N) is 3. The third-order valence-corrected chi connectivity index (χ3v) is 4.90. The lowest BCUT2D eigenvalue weighted by Gasteiger charge is -2.31. The molecule has 7 heteroatoms. The Balaban J connectivity index is 1.58. The molecule has 0 aromatic carbocycles. The van der Waals surface area contributed by atoms with Gasteiger partial charge in [-0.15, -0.1) is 11.3 Å². The van der Waals surface area contributed by atoms with Crippen LogP contribution in [0.5, 0.6) is 5.88 Å². The predicted molar refractivity (Wildman–Crippen MR) is 87.8 cm³/mol. The molecule has 1 aliphatic rings. The first kappa shape index (κ1) is 15.8. The number of ether oxygens (including phenoxy) is 1. The van der Waals surface area contributed by atoms with Crippen LogP contribution in [-0.2, 0) is 0 Å². The zero-order valence-corrected chi connectivity index (χ0v) is 13.8. The number of likely N-dealkylation sites (tertiary alicyclic amines) is 1. The van der Waals surface area contributed by atoms with Gasteiger partial charge in [0.05, 0.1) is 9.21 Å². The molecule has 0 atom stereocenters. The quantitative estimate of drug-likeness (QED) is 0.854. The number of thiophene rings is 1. The van der Waals surface area contributed by atoms with Crippen LogP contribution in [0.4, 0.5) is 0 Å². The van der Waals surface area contributed by atoms with Gasteiger partial charge in [0.1, 0.15) is 17.7 Å². The summed E-state index contributed by atoms with van der Waals surface area (Å²) >= 11 is 7.17. The number of aromatic nitrogens is 1. The first-order valence-corrected chi connectivity index (χ1v) is 8.43. The summed E-state index contributed by atoms with van der Waals surface area (Å²) in [6.07, 6.45) is 3.00. The van der Waals surface area contributed by atoms with Crippen molar-refractivity contribution >= 4 is 28.8 Å². The summed E-state index contributed by atoms with van der Waals surface area (Å²) in [5.74, 6) is 0.376. The molecule has 0 radical (unpaired) electrons. The van der Waals surface area contributed by atoms with Crippen LogP contribution in [0.2, 0.25) is 4.34 Å². The maximum absolute atomic E-state index is 12.4. The molecule has 0 aliphatic carbocycles. The second-order valence-corrected chi connectivity index (χ2v) is 6.90. The van der Waals surface area contributed by atoms with E-state index in [0.717, 1.165) is 0 Å². The lowest BCUT2D eigenvalue weighted by atomic mass is 10.1. The molecular weight excluding hydrogens is 334 g/mol. The molecule has 0 saturated carbocycles. The highest BCUT2D eigenvalue weighted by molar-refractivity contribution is 7.17. The topological polar surface area (TPSA) is 66.2 Å². The van der Waals surface area contributed by atoms with Crippen LogP contribution >= 0.6 is 22.9 Å². The van der Waals surface area contributed by atoms with Crippen molar-refractivity contribution in [3.05, 3.63) is 45.2 Å². The highest BCUT2D eigenvalue weighted by atomic mass is 35.5. The van der Waals surface area contributed by atoms with Crippen LogP contribution in [0, 0.1) is 11.3 Å². The van der Waals surface area contributed by atoms with Gasteiger partial charge in [0.2, 0.25) is 5.88 Å². The summed E-state index contributed by atoms with van der Waals surface area (Å²) in [4.78, 5) is 18.9. The molecule has 1 aliphatic heterocycles. The maximum Gasteiger partial charge on any atom is 0.263 e. The lowest BCUT2D eigenvalue weighted by molar-refractivity contribution is 0.0591. The average molecular weight is 348 g/mol. The molecule has 0 bridgehead atoms. The summed E-state index contributed by atoms with van der Waals surface area (Å²) in [6, 6.07) is 8.95.